The van der Waals surface area contributed by atoms with Gasteiger partial charge in [-0.1, -0.05) is 48.5 Å². The van der Waals surface area contributed by atoms with E-state index in [0.29, 0.717) is 13.2 Å². The molecule has 1 aliphatic carbocycles. The van der Waals surface area contributed by atoms with Gasteiger partial charge < -0.3 is 15.8 Å². The number of benzene rings is 2. The Hall–Kier alpha value is -2.33. The van der Waals surface area contributed by atoms with E-state index in [9.17, 15) is 4.79 Å². The number of ether oxygens (including phenoxy) is 1. The number of nitrogens with one attached hydrogen (secondary N) is 1. The quantitative estimate of drug-likeness (QED) is 0.891. The highest BCUT2D eigenvalue weighted by molar-refractivity contribution is 5.79. The molecule has 1 unspecified atom stereocenters. The van der Waals surface area contributed by atoms with Crippen molar-refractivity contribution < 1.29 is 9.53 Å². The molecule has 3 rings (SSSR count). The number of fused-ring (bicyclic) bond motifs is 3. The molecule has 0 aromatic heterocycles. The molecule has 3 N–H and O–H groups in total. The Kier molecular flexibility index (Phi) is 4.63. The van der Waals surface area contributed by atoms with E-state index >= 15 is 0 Å². The molecule has 23 heavy (non-hydrogen) atoms. The number of carbonyl (C=O) groups excluding carboxylic acids is 1. The molecule has 4 heteroatoms. The van der Waals surface area contributed by atoms with E-state index < -0.39 is 0 Å². The van der Waals surface area contributed by atoms with Crippen molar-refractivity contribution in [3.8, 4) is 11.1 Å². The lowest BCUT2D eigenvalue weighted by atomic mass is 9.98. The van der Waals surface area contributed by atoms with Crippen LogP contribution in [0.1, 0.15) is 30.4 Å². The number of hydrogen-bond donors (Lipinski definition) is 2. The summed E-state index contributed by atoms with van der Waals surface area (Å²) in [5.41, 5.74) is 10.4. The number of rotatable bonds is 5. The van der Waals surface area contributed by atoms with Crippen molar-refractivity contribution in [2.45, 2.75) is 25.3 Å². The average molecular weight is 310 g/mol. The molecular formula is C19H22N2O2. The summed E-state index contributed by atoms with van der Waals surface area (Å²) in [4.78, 5) is 11.9. The van der Waals surface area contributed by atoms with Gasteiger partial charge in [0.2, 0.25) is 0 Å². The molecule has 1 atom stereocenters. The van der Waals surface area contributed by atoms with Gasteiger partial charge in [-0.25, -0.2) is 4.79 Å². The molecule has 120 valence electrons. The van der Waals surface area contributed by atoms with E-state index in [-0.39, 0.29) is 18.1 Å². The third-order valence-corrected chi connectivity index (χ3v) is 4.31. The molecule has 0 radical (unpaired) electrons. The molecule has 0 bridgehead atoms. The molecule has 2 aromatic carbocycles. The number of alkyl carbamates (subject to hydrolysis) is 1. The minimum Gasteiger partial charge on any atom is -0.449 e. The van der Waals surface area contributed by atoms with Gasteiger partial charge in [-0.3, -0.25) is 0 Å². The van der Waals surface area contributed by atoms with Gasteiger partial charge in [0.1, 0.15) is 6.61 Å². The van der Waals surface area contributed by atoms with E-state index in [4.69, 9.17) is 10.5 Å². The van der Waals surface area contributed by atoms with Gasteiger partial charge in [-0.05, 0) is 42.1 Å². The molecule has 1 aliphatic rings. The first-order valence-electron chi connectivity index (χ1n) is 8.02. The smallest absolute Gasteiger partial charge is 0.407 e. The van der Waals surface area contributed by atoms with Gasteiger partial charge in [-0.15, -0.1) is 0 Å². The van der Waals surface area contributed by atoms with Gasteiger partial charge in [-0.2, -0.15) is 0 Å². The Balaban J connectivity index is 1.72. The molecular weight excluding hydrogens is 288 g/mol. The van der Waals surface area contributed by atoms with Crippen LogP contribution in [0.25, 0.3) is 11.1 Å². The first-order chi connectivity index (χ1) is 11.2. The SMILES string of the molecule is CC(CCN)NC(=O)OCC1c2ccccc2-c2ccccc21. The summed E-state index contributed by atoms with van der Waals surface area (Å²) >= 11 is 0. The Morgan fingerprint density at radius 3 is 2.26 bits per heavy atom. The van der Waals surface area contributed by atoms with Crippen LogP contribution >= 0.6 is 0 Å². The fourth-order valence-electron chi connectivity index (χ4n) is 3.16. The number of amides is 1. The van der Waals surface area contributed by atoms with Crippen molar-refractivity contribution >= 4 is 6.09 Å². The summed E-state index contributed by atoms with van der Waals surface area (Å²) in [5, 5.41) is 2.81. The van der Waals surface area contributed by atoms with Crippen molar-refractivity contribution in [3.63, 3.8) is 0 Å². The predicted octanol–water partition coefficient (Wildman–Crippen LogP) is 3.26. The zero-order chi connectivity index (χ0) is 16.2. The highest BCUT2D eigenvalue weighted by Gasteiger charge is 2.29. The Morgan fingerprint density at radius 1 is 1.13 bits per heavy atom. The zero-order valence-electron chi connectivity index (χ0n) is 13.3. The predicted molar refractivity (Wildman–Crippen MR) is 91.3 cm³/mol. The van der Waals surface area contributed by atoms with E-state index in [1.807, 2.05) is 31.2 Å². The minimum atomic E-state index is -0.382. The fourth-order valence-corrected chi connectivity index (χ4v) is 3.16. The normalized spacial score (nSPS) is 14.0. The summed E-state index contributed by atoms with van der Waals surface area (Å²) < 4.78 is 5.47. The Bertz CT molecular complexity index is 654. The lowest BCUT2D eigenvalue weighted by Gasteiger charge is -2.16. The molecule has 2 aromatic rings. The molecule has 0 heterocycles. The summed E-state index contributed by atoms with van der Waals surface area (Å²) in [6.45, 7) is 2.81. The Morgan fingerprint density at radius 2 is 1.70 bits per heavy atom. The Labute approximate surface area is 136 Å². The molecule has 0 fully saturated rings. The lowest BCUT2D eigenvalue weighted by molar-refractivity contribution is 0.139. The van der Waals surface area contributed by atoms with E-state index in [1.165, 1.54) is 22.3 Å². The maximum Gasteiger partial charge on any atom is 0.407 e. The zero-order valence-corrected chi connectivity index (χ0v) is 13.3. The highest BCUT2D eigenvalue weighted by Crippen LogP contribution is 2.44. The average Bonchev–Trinajstić information content (AvgIpc) is 2.87. The monoisotopic (exact) mass is 310 g/mol. The van der Waals surface area contributed by atoms with Crippen molar-refractivity contribution in [2.75, 3.05) is 13.2 Å². The molecule has 0 saturated heterocycles. The number of nitrogens with two attached hydrogens (primary N) is 1. The topological polar surface area (TPSA) is 64.3 Å². The second kappa shape index (κ2) is 6.84. The van der Waals surface area contributed by atoms with Gasteiger partial charge in [0.25, 0.3) is 0 Å². The number of carbonyl (C=O) groups is 1. The van der Waals surface area contributed by atoms with E-state index in [1.54, 1.807) is 0 Å². The van der Waals surface area contributed by atoms with Gasteiger partial charge in [0.05, 0.1) is 0 Å². The molecule has 0 aliphatic heterocycles. The van der Waals surface area contributed by atoms with Crippen molar-refractivity contribution in [2.24, 2.45) is 5.73 Å². The summed E-state index contributed by atoms with van der Waals surface area (Å²) in [7, 11) is 0. The van der Waals surface area contributed by atoms with Crippen molar-refractivity contribution in [1.29, 1.82) is 0 Å². The van der Waals surface area contributed by atoms with Gasteiger partial charge in [0, 0.05) is 12.0 Å². The summed E-state index contributed by atoms with van der Waals surface area (Å²) in [5.74, 6) is 0.0953. The standard InChI is InChI=1S/C19H22N2O2/c1-13(10-11-20)21-19(22)23-12-18-16-8-4-2-6-14(16)15-7-3-5-9-17(15)18/h2-9,13,18H,10-12,20H2,1H3,(H,21,22). The lowest BCUT2D eigenvalue weighted by Crippen LogP contribution is -2.35. The van der Waals surface area contributed by atoms with Crippen LogP contribution in [0.5, 0.6) is 0 Å². The fraction of sp³-hybridized carbons (Fsp3) is 0.316. The third kappa shape index (κ3) is 3.22. The number of hydrogen-bond acceptors (Lipinski definition) is 3. The van der Waals surface area contributed by atoms with Crippen LogP contribution in [0.2, 0.25) is 0 Å². The van der Waals surface area contributed by atoms with Crippen LogP contribution in [0, 0.1) is 0 Å². The van der Waals surface area contributed by atoms with Crippen LogP contribution in [-0.2, 0) is 4.74 Å². The van der Waals surface area contributed by atoms with Crippen LogP contribution in [0.4, 0.5) is 4.79 Å². The summed E-state index contributed by atoms with van der Waals surface area (Å²) in [6, 6.07) is 16.6. The van der Waals surface area contributed by atoms with Gasteiger partial charge >= 0.3 is 6.09 Å². The molecule has 0 spiro atoms. The van der Waals surface area contributed by atoms with E-state index in [2.05, 4.69) is 29.6 Å². The second-order valence-electron chi connectivity index (χ2n) is 5.95. The van der Waals surface area contributed by atoms with Gasteiger partial charge in [0.15, 0.2) is 0 Å². The third-order valence-electron chi connectivity index (χ3n) is 4.31. The molecule has 0 saturated carbocycles. The van der Waals surface area contributed by atoms with Crippen LogP contribution in [0.15, 0.2) is 48.5 Å². The first kappa shape index (κ1) is 15.6. The van der Waals surface area contributed by atoms with Crippen molar-refractivity contribution in [1.82, 2.24) is 5.32 Å². The highest BCUT2D eigenvalue weighted by atomic mass is 16.5. The minimum absolute atomic E-state index is 0.0238. The molecule has 4 nitrogen and oxygen atoms in total. The van der Waals surface area contributed by atoms with E-state index in [0.717, 1.165) is 6.42 Å². The first-order valence-corrected chi connectivity index (χ1v) is 8.02. The largest absolute Gasteiger partial charge is 0.449 e. The van der Waals surface area contributed by atoms with Crippen molar-refractivity contribution in [3.05, 3.63) is 59.7 Å². The van der Waals surface area contributed by atoms with Crippen LogP contribution in [-0.4, -0.2) is 25.3 Å². The maximum atomic E-state index is 11.9. The summed E-state index contributed by atoms with van der Waals surface area (Å²) in [6.07, 6.45) is 0.359. The molecule has 1 amide bonds. The van der Waals surface area contributed by atoms with Crippen LogP contribution < -0.4 is 11.1 Å². The van der Waals surface area contributed by atoms with Crippen LogP contribution in [0.3, 0.4) is 0 Å². The second-order valence-corrected chi connectivity index (χ2v) is 5.95. The maximum absolute atomic E-state index is 11.9.